The first-order valence-corrected chi connectivity index (χ1v) is 8.52. The van der Waals surface area contributed by atoms with Crippen LogP contribution in [0.1, 0.15) is 30.6 Å². The number of amides is 3. The Morgan fingerprint density at radius 1 is 1.36 bits per heavy atom. The molecular formula is C17H26N4O4. The van der Waals surface area contributed by atoms with Crippen LogP contribution in [0.2, 0.25) is 0 Å². The van der Waals surface area contributed by atoms with E-state index < -0.39 is 6.04 Å². The number of methoxy groups -OCH3 is 1. The van der Waals surface area contributed by atoms with Gasteiger partial charge in [-0.05, 0) is 26.3 Å². The number of aromatic amines is 1. The summed E-state index contributed by atoms with van der Waals surface area (Å²) < 4.78 is 4.92. The second kappa shape index (κ2) is 8.66. The van der Waals surface area contributed by atoms with Crippen LogP contribution in [0.15, 0.2) is 18.5 Å². The lowest BCUT2D eigenvalue weighted by Crippen LogP contribution is -2.48. The number of hydrogen-bond donors (Lipinski definition) is 2. The van der Waals surface area contributed by atoms with Gasteiger partial charge in [0.2, 0.25) is 11.8 Å². The number of carbonyl (C=O) groups is 3. The standard InChI is InChI=1S/C17H26N4O4/c1-4-20(5-2)17(24)14-8-13(10-21(14)15(22)11-25-3)19-16(23)12-6-7-18-9-12/h6-7,9,13-14,18H,4-5,8,10-11H2,1-3H3,(H,19,23)/t13-,14+/m1/s1. The molecule has 1 fully saturated rings. The number of likely N-dealkylation sites (tertiary alicyclic amines) is 1. The normalized spacial score (nSPS) is 19.7. The zero-order valence-electron chi connectivity index (χ0n) is 14.9. The molecule has 1 aromatic heterocycles. The van der Waals surface area contributed by atoms with Crippen LogP contribution in [0.3, 0.4) is 0 Å². The van der Waals surface area contributed by atoms with Crippen molar-refractivity contribution in [2.75, 3.05) is 33.4 Å². The summed E-state index contributed by atoms with van der Waals surface area (Å²) >= 11 is 0. The van der Waals surface area contributed by atoms with Gasteiger partial charge < -0.3 is 24.8 Å². The van der Waals surface area contributed by atoms with Crippen molar-refractivity contribution >= 4 is 17.7 Å². The van der Waals surface area contributed by atoms with Crippen molar-refractivity contribution in [3.8, 4) is 0 Å². The van der Waals surface area contributed by atoms with Crippen LogP contribution in [-0.4, -0.2) is 77.9 Å². The molecule has 0 unspecified atom stereocenters. The van der Waals surface area contributed by atoms with Gasteiger partial charge in [0, 0.05) is 45.2 Å². The van der Waals surface area contributed by atoms with Gasteiger partial charge in [-0.25, -0.2) is 0 Å². The van der Waals surface area contributed by atoms with Gasteiger partial charge in [0.05, 0.1) is 5.56 Å². The first kappa shape index (κ1) is 19.0. The zero-order chi connectivity index (χ0) is 18.4. The van der Waals surface area contributed by atoms with Gasteiger partial charge >= 0.3 is 0 Å². The van der Waals surface area contributed by atoms with Crippen LogP contribution < -0.4 is 5.32 Å². The molecule has 2 rings (SSSR count). The Kier molecular flexibility index (Phi) is 6.58. The molecule has 25 heavy (non-hydrogen) atoms. The Balaban J connectivity index is 2.11. The Morgan fingerprint density at radius 2 is 2.08 bits per heavy atom. The molecule has 8 nitrogen and oxygen atoms in total. The zero-order valence-corrected chi connectivity index (χ0v) is 14.9. The molecule has 8 heteroatoms. The molecule has 138 valence electrons. The SMILES string of the molecule is CCN(CC)C(=O)[C@@H]1C[C@@H](NC(=O)c2cc[nH]c2)CN1C(=O)COC. The average molecular weight is 350 g/mol. The molecule has 0 saturated carbocycles. The topological polar surface area (TPSA) is 94.7 Å². The Labute approximate surface area is 147 Å². The number of aromatic nitrogens is 1. The van der Waals surface area contributed by atoms with E-state index in [-0.39, 0.29) is 30.4 Å². The highest BCUT2D eigenvalue weighted by Crippen LogP contribution is 2.21. The maximum absolute atomic E-state index is 12.8. The molecule has 2 atom stereocenters. The van der Waals surface area contributed by atoms with Crippen LogP contribution in [-0.2, 0) is 14.3 Å². The van der Waals surface area contributed by atoms with Gasteiger partial charge in [-0.2, -0.15) is 0 Å². The monoisotopic (exact) mass is 350 g/mol. The molecule has 1 aliphatic heterocycles. The highest BCUT2D eigenvalue weighted by atomic mass is 16.5. The lowest BCUT2D eigenvalue weighted by Gasteiger charge is -2.28. The molecule has 2 heterocycles. The fourth-order valence-corrected chi connectivity index (χ4v) is 3.14. The number of rotatable bonds is 7. The predicted octanol–water partition coefficient (Wildman–Crippen LogP) is 0.229. The number of likely N-dealkylation sites (N-methyl/N-ethyl adjacent to an activating group) is 1. The van der Waals surface area contributed by atoms with Crippen molar-refractivity contribution in [3.05, 3.63) is 24.0 Å². The van der Waals surface area contributed by atoms with E-state index in [0.717, 1.165) is 0 Å². The van der Waals surface area contributed by atoms with Crippen molar-refractivity contribution in [1.82, 2.24) is 20.1 Å². The third kappa shape index (κ3) is 4.39. The molecule has 1 saturated heterocycles. The van der Waals surface area contributed by atoms with E-state index in [1.165, 1.54) is 12.0 Å². The lowest BCUT2D eigenvalue weighted by molar-refractivity contribution is -0.145. The first-order chi connectivity index (χ1) is 12.0. The maximum atomic E-state index is 12.8. The number of carbonyl (C=O) groups excluding carboxylic acids is 3. The van der Waals surface area contributed by atoms with E-state index in [4.69, 9.17) is 4.74 Å². The summed E-state index contributed by atoms with van der Waals surface area (Å²) in [7, 11) is 1.44. The van der Waals surface area contributed by atoms with Crippen LogP contribution in [0.25, 0.3) is 0 Å². The second-order valence-electron chi connectivity index (χ2n) is 6.01. The second-order valence-corrected chi connectivity index (χ2v) is 6.01. The molecule has 0 aromatic carbocycles. The maximum Gasteiger partial charge on any atom is 0.253 e. The predicted molar refractivity (Wildman–Crippen MR) is 92.0 cm³/mol. The van der Waals surface area contributed by atoms with Crippen molar-refractivity contribution < 1.29 is 19.1 Å². The minimum Gasteiger partial charge on any atom is -0.375 e. The summed E-state index contributed by atoms with van der Waals surface area (Å²) in [5.74, 6) is -0.555. The molecule has 0 aliphatic carbocycles. The van der Waals surface area contributed by atoms with E-state index in [1.54, 1.807) is 23.4 Å². The summed E-state index contributed by atoms with van der Waals surface area (Å²) in [5.41, 5.74) is 0.522. The van der Waals surface area contributed by atoms with E-state index in [9.17, 15) is 14.4 Å². The average Bonchev–Trinajstić information content (AvgIpc) is 3.26. The molecule has 3 amide bonds. The highest BCUT2D eigenvalue weighted by molar-refractivity contribution is 5.94. The minimum atomic E-state index is -0.570. The Hall–Kier alpha value is -2.35. The molecule has 2 N–H and O–H groups in total. The smallest absolute Gasteiger partial charge is 0.253 e. The number of nitrogens with one attached hydrogen (secondary N) is 2. The third-order valence-electron chi connectivity index (χ3n) is 4.44. The third-order valence-corrected chi connectivity index (χ3v) is 4.44. The number of nitrogens with zero attached hydrogens (tertiary/aromatic N) is 2. The van der Waals surface area contributed by atoms with Crippen molar-refractivity contribution in [2.24, 2.45) is 0 Å². The number of ether oxygens (including phenoxy) is 1. The van der Waals surface area contributed by atoms with Gasteiger partial charge in [-0.3, -0.25) is 14.4 Å². The van der Waals surface area contributed by atoms with Crippen LogP contribution >= 0.6 is 0 Å². The fourth-order valence-electron chi connectivity index (χ4n) is 3.14. The van der Waals surface area contributed by atoms with E-state index in [0.29, 0.717) is 31.6 Å². The minimum absolute atomic E-state index is 0.0828. The van der Waals surface area contributed by atoms with Gasteiger partial charge in [0.1, 0.15) is 12.6 Å². The van der Waals surface area contributed by atoms with E-state index >= 15 is 0 Å². The summed E-state index contributed by atoms with van der Waals surface area (Å²) in [6.07, 6.45) is 3.68. The van der Waals surface area contributed by atoms with Gasteiger partial charge in [-0.15, -0.1) is 0 Å². The van der Waals surface area contributed by atoms with Gasteiger partial charge in [0.25, 0.3) is 5.91 Å². The molecular weight excluding hydrogens is 324 g/mol. The largest absolute Gasteiger partial charge is 0.375 e. The van der Waals surface area contributed by atoms with E-state index in [2.05, 4.69) is 10.3 Å². The summed E-state index contributed by atoms with van der Waals surface area (Å²) in [5, 5.41) is 2.90. The molecule has 0 spiro atoms. The number of hydrogen-bond acceptors (Lipinski definition) is 4. The Bertz CT molecular complexity index is 598. The van der Waals surface area contributed by atoms with Crippen LogP contribution in [0.4, 0.5) is 0 Å². The highest BCUT2D eigenvalue weighted by Gasteiger charge is 2.41. The lowest BCUT2D eigenvalue weighted by atomic mass is 10.1. The Morgan fingerprint density at radius 3 is 2.64 bits per heavy atom. The molecule has 0 radical (unpaired) electrons. The quantitative estimate of drug-likeness (QED) is 0.736. The van der Waals surface area contributed by atoms with Crippen LogP contribution in [0.5, 0.6) is 0 Å². The van der Waals surface area contributed by atoms with Gasteiger partial charge in [-0.1, -0.05) is 0 Å². The van der Waals surface area contributed by atoms with Crippen molar-refractivity contribution in [1.29, 1.82) is 0 Å². The molecule has 1 aliphatic rings. The van der Waals surface area contributed by atoms with Crippen molar-refractivity contribution in [3.63, 3.8) is 0 Å². The summed E-state index contributed by atoms with van der Waals surface area (Å²) in [6.45, 7) is 5.19. The number of H-pyrrole nitrogens is 1. The molecule has 0 bridgehead atoms. The van der Waals surface area contributed by atoms with E-state index in [1.807, 2.05) is 13.8 Å². The fraction of sp³-hybridized carbons (Fsp3) is 0.588. The van der Waals surface area contributed by atoms with Crippen molar-refractivity contribution in [2.45, 2.75) is 32.4 Å². The summed E-state index contributed by atoms with van der Waals surface area (Å²) in [4.78, 5) is 43.4. The van der Waals surface area contributed by atoms with Gasteiger partial charge in [0.15, 0.2) is 0 Å². The summed E-state index contributed by atoms with van der Waals surface area (Å²) in [6, 6.07) is 0.836. The van der Waals surface area contributed by atoms with Crippen LogP contribution in [0, 0.1) is 0 Å². The molecule has 1 aromatic rings. The first-order valence-electron chi connectivity index (χ1n) is 8.52.